The predicted molar refractivity (Wildman–Crippen MR) is 111 cm³/mol. The van der Waals surface area contributed by atoms with E-state index in [0.717, 1.165) is 44.0 Å². The molecule has 1 aliphatic heterocycles. The average Bonchev–Trinajstić information content (AvgIpc) is 3.40. The highest BCUT2D eigenvalue weighted by molar-refractivity contribution is 7.21. The minimum atomic E-state index is -0.386. The highest BCUT2D eigenvalue weighted by Gasteiger charge is 2.32. The number of pyridine rings is 1. The summed E-state index contributed by atoms with van der Waals surface area (Å²) in [6, 6.07) is 4.04. The van der Waals surface area contributed by atoms with Crippen molar-refractivity contribution in [1.82, 2.24) is 20.5 Å². The van der Waals surface area contributed by atoms with E-state index in [1.165, 1.54) is 11.3 Å². The van der Waals surface area contributed by atoms with Gasteiger partial charge in [0.1, 0.15) is 15.9 Å². The molecule has 3 N–H and O–H groups in total. The second kappa shape index (κ2) is 6.69. The number of aromatic nitrogens is 3. The Labute approximate surface area is 168 Å². The molecule has 1 aliphatic rings. The Bertz CT molecular complexity index is 1180. The number of hydrogen-bond donors (Lipinski definition) is 3. The van der Waals surface area contributed by atoms with Crippen LogP contribution in [0.3, 0.4) is 0 Å². The van der Waals surface area contributed by atoms with E-state index < -0.39 is 0 Å². The number of carbonyl (C=O) groups is 1. The molecule has 0 bridgehead atoms. The summed E-state index contributed by atoms with van der Waals surface area (Å²) in [4.78, 5) is 19.0. The zero-order valence-electron chi connectivity index (χ0n) is 15.2. The lowest BCUT2D eigenvalue weighted by Crippen LogP contribution is -2.37. The van der Waals surface area contributed by atoms with Crippen LogP contribution in [0.4, 0.5) is 5.69 Å². The molecule has 5 heterocycles. The van der Waals surface area contributed by atoms with Gasteiger partial charge in [0, 0.05) is 34.7 Å². The zero-order chi connectivity index (χ0) is 19.3. The number of amides is 1. The molecule has 1 atom stereocenters. The maximum absolute atomic E-state index is 12.9. The van der Waals surface area contributed by atoms with E-state index in [2.05, 4.69) is 31.2 Å². The first kappa shape index (κ1) is 17.4. The normalized spacial score (nSPS) is 16.1. The molecule has 28 heavy (non-hydrogen) atoms. The Hall–Kier alpha value is -2.75. The number of hydrogen-bond acceptors (Lipinski definition) is 7. The Balaban J connectivity index is 1.63. The first-order valence-electron chi connectivity index (χ1n) is 8.71. The van der Waals surface area contributed by atoms with Gasteiger partial charge in [0.25, 0.3) is 5.91 Å². The number of fused-ring (bicyclic) bond motifs is 3. The summed E-state index contributed by atoms with van der Waals surface area (Å²) in [6.45, 7) is 2.41. The molecule has 5 rings (SSSR count). The van der Waals surface area contributed by atoms with Gasteiger partial charge in [-0.25, -0.2) is 4.98 Å². The molecule has 4 aromatic heterocycles. The maximum Gasteiger partial charge on any atom is 0.265 e. The van der Waals surface area contributed by atoms with Gasteiger partial charge < -0.3 is 15.4 Å². The van der Waals surface area contributed by atoms with E-state index in [9.17, 15) is 4.79 Å². The molecule has 0 spiro atoms. The Morgan fingerprint density at radius 1 is 1.32 bits per heavy atom. The standard InChI is InChI=1S/C19H17N5O2S2/c1-9-5-11(7-26-2)13-15-16(28-19(13)21-9)18(25)23-17(22-15)12-6-20-24-14(12)10-3-4-27-8-10/h3-6,8,17,22H,7H2,1-2H3,(H,20,24)(H,23,25)/t17-/m1/s1. The Kier molecular flexibility index (Phi) is 4.15. The van der Waals surface area contributed by atoms with Crippen LogP contribution in [0.15, 0.2) is 29.1 Å². The zero-order valence-corrected chi connectivity index (χ0v) is 16.8. The van der Waals surface area contributed by atoms with Crippen molar-refractivity contribution in [1.29, 1.82) is 0 Å². The van der Waals surface area contributed by atoms with Crippen molar-refractivity contribution in [3.63, 3.8) is 0 Å². The summed E-state index contributed by atoms with van der Waals surface area (Å²) in [7, 11) is 1.67. The van der Waals surface area contributed by atoms with E-state index in [4.69, 9.17) is 4.74 Å². The third kappa shape index (κ3) is 2.70. The van der Waals surface area contributed by atoms with Crippen molar-refractivity contribution in [2.24, 2.45) is 0 Å². The van der Waals surface area contributed by atoms with Gasteiger partial charge in [0.05, 0.1) is 24.2 Å². The maximum atomic E-state index is 12.9. The first-order valence-corrected chi connectivity index (χ1v) is 10.5. The summed E-state index contributed by atoms with van der Waals surface area (Å²) in [6.07, 6.45) is 1.37. The van der Waals surface area contributed by atoms with Gasteiger partial charge in [-0.3, -0.25) is 9.89 Å². The van der Waals surface area contributed by atoms with Crippen LogP contribution in [-0.2, 0) is 11.3 Å². The predicted octanol–water partition coefficient (Wildman–Crippen LogP) is 4.06. The van der Waals surface area contributed by atoms with Gasteiger partial charge in [-0.2, -0.15) is 16.4 Å². The van der Waals surface area contributed by atoms with Gasteiger partial charge in [0.2, 0.25) is 0 Å². The first-order chi connectivity index (χ1) is 13.7. The minimum absolute atomic E-state index is 0.111. The lowest BCUT2D eigenvalue weighted by atomic mass is 10.1. The van der Waals surface area contributed by atoms with Crippen LogP contribution in [0.1, 0.15) is 32.7 Å². The number of nitrogens with zero attached hydrogens (tertiary/aromatic N) is 2. The molecule has 4 aromatic rings. The minimum Gasteiger partial charge on any atom is -0.380 e. The molecule has 0 saturated heterocycles. The number of anilines is 1. The molecule has 9 heteroatoms. The molecular weight excluding hydrogens is 394 g/mol. The fraction of sp³-hybridized carbons (Fsp3) is 0.211. The topological polar surface area (TPSA) is 91.9 Å². The number of thiophene rings is 2. The highest BCUT2D eigenvalue weighted by Crippen LogP contribution is 2.42. The van der Waals surface area contributed by atoms with E-state index in [0.29, 0.717) is 11.5 Å². The number of aryl methyl sites for hydroxylation is 1. The third-order valence-corrected chi connectivity index (χ3v) is 6.50. The Morgan fingerprint density at radius 2 is 2.21 bits per heavy atom. The molecule has 0 saturated carbocycles. The summed E-state index contributed by atoms with van der Waals surface area (Å²) >= 11 is 3.02. The van der Waals surface area contributed by atoms with Crippen LogP contribution in [0.2, 0.25) is 0 Å². The van der Waals surface area contributed by atoms with Crippen LogP contribution >= 0.6 is 22.7 Å². The summed E-state index contributed by atoms with van der Waals surface area (Å²) in [5, 5.41) is 18.8. The van der Waals surface area contributed by atoms with Crippen LogP contribution in [0, 0.1) is 6.92 Å². The summed E-state index contributed by atoms with van der Waals surface area (Å²) in [5.74, 6) is -0.111. The van der Waals surface area contributed by atoms with Crippen LogP contribution in [-0.4, -0.2) is 28.2 Å². The number of aromatic amines is 1. The van der Waals surface area contributed by atoms with Crippen molar-refractivity contribution >= 4 is 44.5 Å². The smallest absolute Gasteiger partial charge is 0.265 e. The fourth-order valence-electron chi connectivity index (χ4n) is 3.56. The van der Waals surface area contributed by atoms with Crippen molar-refractivity contribution in [3.8, 4) is 11.3 Å². The lowest BCUT2D eigenvalue weighted by Gasteiger charge is -2.26. The van der Waals surface area contributed by atoms with Crippen molar-refractivity contribution in [2.75, 3.05) is 12.4 Å². The molecule has 0 fully saturated rings. The second-order valence-corrected chi connectivity index (χ2v) is 8.38. The highest BCUT2D eigenvalue weighted by atomic mass is 32.1. The molecule has 1 amide bonds. The molecule has 0 unspecified atom stereocenters. The summed E-state index contributed by atoms with van der Waals surface area (Å²) in [5.41, 5.74) is 5.58. The number of methoxy groups -OCH3 is 1. The molecule has 142 valence electrons. The average molecular weight is 412 g/mol. The molecule has 0 aliphatic carbocycles. The molecule has 7 nitrogen and oxygen atoms in total. The number of H-pyrrole nitrogens is 1. The number of rotatable bonds is 4. The molecular formula is C19H17N5O2S2. The quantitative estimate of drug-likeness (QED) is 0.471. The van der Waals surface area contributed by atoms with Crippen molar-refractivity contribution in [3.05, 3.63) is 50.8 Å². The number of carbonyl (C=O) groups excluding carboxylic acids is 1. The second-order valence-electron chi connectivity index (χ2n) is 6.61. The van der Waals surface area contributed by atoms with Crippen molar-refractivity contribution < 1.29 is 9.53 Å². The fourth-order valence-corrected chi connectivity index (χ4v) is 5.34. The number of ether oxygens (including phenoxy) is 1. The van der Waals surface area contributed by atoms with Crippen LogP contribution in [0.5, 0.6) is 0 Å². The largest absolute Gasteiger partial charge is 0.380 e. The lowest BCUT2D eigenvalue weighted by molar-refractivity contribution is 0.0940. The van der Waals surface area contributed by atoms with Gasteiger partial charge in [0.15, 0.2) is 0 Å². The van der Waals surface area contributed by atoms with Crippen LogP contribution < -0.4 is 10.6 Å². The van der Waals surface area contributed by atoms with Crippen LogP contribution in [0.25, 0.3) is 21.5 Å². The van der Waals surface area contributed by atoms with E-state index in [-0.39, 0.29) is 12.1 Å². The third-order valence-electron chi connectivity index (χ3n) is 4.73. The van der Waals surface area contributed by atoms with Gasteiger partial charge in [-0.1, -0.05) is 0 Å². The SMILES string of the molecule is COCc1cc(C)nc2sc3c(c12)N[C@@H](c1cn[nH]c1-c1ccsc1)NC3=O. The molecule has 0 radical (unpaired) electrons. The van der Waals surface area contributed by atoms with Gasteiger partial charge in [-0.15, -0.1) is 11.3 Å². The molecule has 0 aromatic carbocycles. The van der Waals surface area contributed by atoms with E-state index in [1.807, 2.05) is 24.4 Å². The number of nitrogens with one attached hydrogen (secondary N) is 3. The van der Waals surface area contributed by atoms with E-state index >= 15 is 0 Å². The summed E-state index contributed by atoms with van der Waals surface area (Å²) < 4.78 is 5.38. The van der Waals surface area contributed by atoms with Gasteiger partial charge in [-0.05, 0) is 30.0 Å². The van der Waals surface area contributed by atoms with E-state index in [1.54, 1.807) is 24.6 Å². The van der Waals surface area contributed by atoms with Crippen molar-refractivity contribution in [2.45, 2.75) is 19.7 Å². The van der Waals surface area contributed by atoms with Gasteiger partial charge >= 0.3 is 0 Å². The monoisotopic (exact) mass is 411 g/mol. The Morgan fingerprint density at radius 3 is 3.00 bits per heavy atom.